The molecule has 0 fully saturated rings. The summed E-state index contributed by atoms with van der Waals surface area (Å²) < 4.78 is 5.55. The van der Waals surface area contributed by atoms with E-state index in [2.05, 4.69) is 10.3 Å². The van der Waals surface area contributed by atoms with Gasteiger partial charge in [0, 0.05) is 11.8 Å². The molecule has 1 N–H and O–H groups in total. The summed E-state index contributed by atoms with van der Waals surface area (Å²) in [5.74, 6) is -1.39. The van der Waals surface area contributed by atoms with Gasteiger partial charge in [0.2, 0.25) is 5.91 Å². The number of fused-ring (bicyclic) bond motifs is 1. The number of nitrogens with zero attached hydrogens (tertiary/aromatic N) is 3. The van der Waals surface area contributed by atoms with Gasteiger partial charge < -0.3 is 20.2 Å². The van der Waals surface area contributed by atoms with Crippen LogP contribution in [-0.4, -0.2) is 34.4 Å². The van der Waals surface area contributed by atoms with Crippen molar-refractivity contribution >= 4 is 52.3 Å². The van der Waals surface area contributed by atoms with Crippen molar-refractivity contribution in [3.8, 4) is 5.75 Å². The molecule has 0 spiro atoms. The molecule has 0 saturated carbocycles. The van der Waals surface area contributed by atoms with Crippen LogP contribution in [0.2, 0.25) is 10.0 Å². The molecule has 0 radical (unpaired) electrons. The van der Waals surface area contributed by atoms with Crippen molar-refractivity contribution in [1.29, 1.82) is 0 Å². The van der Waals surface area contributed by atoms with E-state index in [4.69, 9.17) is 27.9 Å². The highest BCUT2D eigenvalue weighted by Crippen LogP contribution is 2.34. The summed E-state index contributed by atoms with van der Waals surface area (Å²) in [7, 11) is 0. The summed E-state index contributed by atoms with van der Waals surface area (Å²) >= 11 is 11.8. The summed E-state index contributed by atoms with van der Waals surface area (Å²) in [6.07, 6.45) is -0.450. The molecule has 0 bridgehead atoms. The molecular weight excluding hydrogens is 411 g/mol. The zero-order valence-electron chi connectivity index (χ0n) is 14.5. The van der Waals surface area contributed by atoms with Gasteiger partial charge in [0.15, 0.2) is 11.9 Å². The number of nitrogens with one attached hydrogen (secondary N) is 1. The molecule has 1 atom stereocenters. The summed E-state index contributed by atoms with van der Waals surface area (Å²) in [6, 6.07) is 7.08. The summed E-state index contributed by atoms with van der Waals surface area (Å²) in [6.45, 7) is 1.35. The van der Waals surface area contributed by atoms with Crippen molar-refractivity contribution in [1.82, 2.24) is 4.98 Å². The van der Waals surface area contributed by atoms with Gasteiger partial charge in [-0.2, -0.15) is 0 Å². The van der Waals surface area contributed by atoms with Crippen molar-refractivity contribution in [2.45, 2.75) is 19.4 Å². The van der Waals surface area contributed by atoms with Crippen molar-refractivity contribution in [3.05, 3.63) is 50.5 Å². The molecule has 2 amide bonds. The number of carbonyl (C=O) groups excluding carboxylic acids is 2. The molecule has 2 aromatic rings. The van der Waals surface area contributed by atoms with Crippen molar-refractivity contribution in [3.63, 3.8) is 0 Å². The summed E-state index contributed by atoms with van der Waals surface area (Å²) in [5, 5.41) is 14.2. The van der Waals surface area contributed by atoms with Gasteiger partial charge in [-0.3, -0.25) is 14.5 Å². The first-order valence-electron chi connectivity index (χ1n) is 8.18. The Morgan fingerprint density at radius 2 is 2.07 bits per heavy atom. The predicted octanol–water partition coefficient (Wildman–Crippen LogP) is 3.44. The molecule has 0 saturated heterocycles. The van der Waals surface area contributed by atoms with E-state index in [-0.39, 0.29) is 16.6 Å². The lowest BCUT2D eigenvalue weighted by Gasteiger charge is -2.30. The number of carbonyl (C=O) groups is 2. The van der Waals surface area contributed by atoms with Crippen LogP contribution in [-0.2, 0) is 9.59 Å². The predicted molar refractivity (Wildman–Crippen MR) is 103 cm³/mol. The number of nitro groups is 1. The molecule has 9 nitrogen and oxygen atoms in total. The molecule has 146 valence electrons. The number of hydrogen-bond acceptors (Lipinski definition) is 6. The highest BCUT2D eigenvalue weighted by atomic mass is 35.5. The third-order valence-corrected chi connectivity index (χ3v) is 4.69. The summed E-state index contributed by atoms with van der Waals surface area (Å²) in [4.78, 5) is 40.4. The number of amides is 2. The van der Waals surface area contributed by atoms with E-state index >= 15 is 0 Å². The van der Waals surface area contributed by atoms with Crippen LogP contribution in [0.4, 0.5) is 17.3 Å². The number of anilines is 2. The van der Waals surface area contributed by atoms with Crippen LogP contribution < -0.4 is 15.0 Å². The largest absolute Gasteiger partial charge is 0.474 e. The normalized spacial score (nSPS) is 15.6. The topological polar surface area (TPSA) is 115 Å². The highest BCUT2D eigenvalue weighted by molar-refractivity contribution is 6.42. The van der Waals surface area contributed by atoms with E-state index in [0.29, 0.717) is 17.1 Å². The SMILES string of the molecule is CCC1Oc2ccc([N+](=O)[O-])nc2N(CC(=O)Nc2ccc(Cl)c(Cl)c2)C1=O. The lowest BCUT2D eigenvalue weighted by molar-refractivity contribution is -0.389. The second kappa shape index (κ2) is 7.99. The van der Waals surface area contributed by atoms with Gasteiger partial charge in [0.25, 0.3) is 11.7 Å². The first-order chi connectivity index (χ1) is 13.3. The number of pyridine rings is 1. The van der Waals surface area contributed by atoms with Gasteiger partial charge in [-0.1, -0.05) is 30.1 Å². The maximum absolute atomic E-state index is 12.7. The first-order valence-corrected chi connectivity index (χ1v) is 8.94. The van der Waals surface area contributed by atoms with Gasteiger partial charge in [-0.05, 0) is 40.6 Å². The zero-order chi connectivity index (χ0) is 20.4. The van der Waals surface area contributed by atoms with Gasteiger partial charge in [-0.15, -0.1) is 0 Å². The maximum atomic E-state index is 12.7. The second-order valence-electron chi connectivity index (χ2n) is 5.86. The molecule has 1 aromatic heterocycles. The molecule has 1 aromatic carbocycles. The quantitative estimate of drug-likeness (QED) is 0.580. The van der Waals surface area contributed by atoms with Crippen molar-refractivity contribution < 1.29 is 19.2 Å². The van der Waals surface area contributed by atoms with E-state index in [1.54, 1.807) is 13.0 Å². The average molecular weight is 425 g/mol. The summed E-state index contributed by atoms with van der Waals surface area (Å²) in [5.41, 5.74) is 0.388. The Morgan fingerprint density at radius 1 is 1.32 bits per heavy atom. The zero-order valence-corrected chi connectivity index (χ0v) is 16.0. The lowest BCUT2D eigenvalue weighted by atomic mass is 10.2. The van der Waals surface area contributed by atoms with Gasteiger partial charge in [-0.25, -0.2) is 0 Å². The Bertz CT molecular complexity index is 969. The Hall–Kier alpha value is -2.91. The Balaban J connectivity index is 1.87. The van der Waals surface area contributed by atoms with Crippen LogP contribution in [0.25, 0.3) is 0 Å². The van der Waals surface area contributed by atoms with Gasteiger partial charge >= 0.3 is 5.82 Å². The number of benzene rings is 1. The van der Waals surface area contributed by atoms with E-state index in [0.717, 1.165) is 4.90 Å². The highest BCUT2D eigenvalue weighted by Gasteiger charge is 2.39. The number of rotatable bonds is 5. The van der Waals surface area contributed by atoms with E-state index in [9.17, 15) is 19.7 Å². The molecule has 0 aliphatic carbocycles. The first kappa shape index (κ1) is 19.8. The second-order valence-corrected chi connectivity index (χ2v) is 6.68. The molecule has 3 rings (SSSR count). The minimum absolute atomic E-state index is 0.0758. The van der Waals surface area contributed by atoms with E-state index in [1.165, 1.54) is 24.3 Å². The van der Waals surface area contributed by atoms with Crippen LogP contribution in [0, 0.1) is 10.1 Å². The molecule has 2 heterocycles. The van der Waals surface area contributed by atoms with Crippen molar-refractivity contribution in [2.75, 3.05) is 16.8 Å². The Kier molecular flexibility index (Phi) is 5.66. The van der Waals surface area contributed by atoms with Crippen LogP contribution in [0.3, 0.4) is 0 Å². The number of aromatic nitrogens is 1. The van der Waals surface area contributed by atoms with Crippen LogP contribution in [0.1, 0.15) is 13.3 Å². The molecule has 1 unspecified atom stereocenters. The smallest absolute Gasteiger partial charge is 0.366 e. The van der Waals surface area contributed by atoms with Crippen LogP contribution >= 0.6 is 23.2 Å². The van der Waals surface area contributed by atoms with Crippen molar-refractivity contribution in [2.24, 2.45) is 0 Å². The minimum Gasteiger partial charge on any atom is -0.474 e. The molecular formula is C17H14Cl2N4O5. The lowest BCUT2D eigenvalue weighted by Crippen LogP contribution is -2.49. The maximum Gasteiger partial charge on any atom is 0.366 e. The fraction of sp³-hybridized carbons (Fsp3) is 0.235. The fourth-order valence-electron chi connectivity index (χ4n) is 2.62. The monoisotopic (exact) mass is 424 g/mol. The molecule has 1 aliphatic heterocycles. The third-order valence-electron chi connectivity index (χ3n) is 3.95. The number of halogens is 2. The fourth-order valence-corrected chi connectivity index (χ4v) is 2.92. The average Bonchev–Trinajstić information content (AvgIpc) is 2.66. The van der Waals surface area contributed by atoms with Gasteiger partial charge in [0.05, 0.1) is 10.0 Å². The Labute approximate surface area is 169 Å². The number of ether oxygens (including phenoxy) is 1. The van der Waals surface area contributed by atoms with Gasteiger partial charge in [0.1, 0.15) is 6.54 Å². The van der Waals surface area contributed by atoms with E-state index in [1.807, 2.05) is 0 Å². The molecule has 1 aliphatic rings. The van der Waals surface area contributed by atoms with E-state index < -0.39 is 35.2 Å². The standard InChI is InChI=1S/C17H14Cl2N4O5/c1-2-12-17(25)22(16-13(28-12)5-6-14(21-16)23(26)27)8-15(24)20-9-3-4-10(18)11(19)7-9/h3-7,12H,2,8H2,1H3,(H,20,24). The Morgan fingerprint density at radius 3 is 2.71 bits per heavy atom. The van der Waals surface area contributed by atoms with Crippen LogP contribution in [0.15, 0.2) is 30.3 Å². The number of hydrogen-bond donors (Lipinski definition) is 1. The molecule has 11 heteroatoms. The third kappa shape index (κ3) is 4.00. The minimum atomic E-state index is -0.812. The van der Waals surface area contributed by atoms with Crippen LogP contribution in [0.5, 0.6) is 5.75 Å². The molecule has 28 heavy (non-hydrogen) atoms.